The molecular weight excluding hydrogens is 304 g/mol. The van der Waals surface area contributed by atoms with Crippen LogP contribution in [0.2, 0.25) is 0 Å². The minimum Gasteiger partial charge on any atom is -0.312 e. The van der Waals surface area contributed by atoms with E-state index in [0.717, 1.165) is 29.1 Å². The molecule has 0 radical (unpaired) electrons. The number of rotatable bonds is 5. The van der Waals surface area contributed by atoms with E-state index in [9.17, 15) is 0 Å². The van der Waals surface area contributed by atoms with E-state index in [-0.39, 0.29) is 0 Å². The van der Waals surface area contributed by atoms with E-state index in [0.29, 0.717) is 5.92 Å². The van der Waals surface area contributed by atoms with E-state index in [1.54, 1.807) is 10.9 Å². The van der Waals surface area contributed by atoms with Crippen molar-refractivity contribution in [2.75, 3.05) is 6.54 Å². The van der Waals surface area contributed by atoms with Gasteiger partial charge in [0, 0.05) is 18.4 Å². The first-order valence-electron chi connectivity index (χ1n) is 6.43. The predicted octanol–water partition coefficient (Wildman–Crippen LogP) is 3.08. The Hall–Kier alpha value is -1.20. The van der Waals surface area contributed by atoms with Gasteiger partial charge in [-0.1, -0.05) is 13.8 Å². The molecule has 0 aliphatic rings. The largest absolute Gasteiger partial charge is 0.312 e. The summed E-state index contributed by atoms with van der Waals surface area (Å²) in [7, 11) is 0. The monoisotopic (exact) mass is 322 g/mol. The normalized spacial score (nSPS) is 11.2. The van der Waals surface area contributed by atoms with Crippen LogP contribution in [-0.4, -0.2) is 21.3 Å². The van der Waals surface area contributed by atoms with E-state index < -0.39 is 0 Å². The van der Waals surface area contributed by atoms with Gasteiger partial charge in [0.25, 0.3) is 0 Å². The van der Waals surface area contributed by atoms with Gasteiger partial charge in [0.1, 0.15) is 0 Å². The second-order valence-corrected chi connectivity index (χ2v) is 6.02. The molecule has 0 fully saturated rings. The molecular formula is C14H19BrN4. The second kappa shape index (κ2) is 6.30. The van der Waals surface area contributed by atoms with E-state index in [2.05, 4.69) is 57.3 Å². The molecule has 2 aromatic rings. The van der Waals surface area contributed by atoms with Crippen LogP contribution in [0, 0.1) is 12.8 Å². The van der Waals surface area contributed by atoms with Crippen LogP contribution < -0.4 is 5.32 Å². The summed E-state index contributed by atoms with van der Waals surface area (Å²) >= 11 is 3.40. The Kier molecular flexibility index (Phi) is 4.71. The van der Waals surface area contributed by atoms with Crippen molar-refractivity contribution in [1.29, 1.82) is 0 Å². The van der Waals surface area contributed by atoms with E-state index in [4.69, 9.17) is 0 Å². The molecule has 0 aliphatic heterocycles. The zero-order valence-corrected chi connectivity index (χ0v) is 13.1. The summed E-state index contributed by atoms with van der Waals surface area (Å²) in [5, 5.41) is 7.71. The number of aromatic nitrogens is 3. The predicted molar refractivity (Wildman–Crippen MR) is 80.3 cm³/mol. The van der Waals surface area contributed by atoms with Crippen LogP contribution in [0.4, 0.5) is 0 Å². The second-order valence-electron chi connectivity index (χ2n) is 5.10. The Bertz CT molecular complexity index is 548. The fraction of sp³-hybridized carbons (Fsp3) is 0.429. The SMILES string of the molecule is Cc1cc(CNCC(C)C)cc(-n2cc(Br)cn2)n1. The summed E-state index contributed by atoms with van der Waals surface area (Å²) in [6, 6.07) is 4.18. The van der Waals surface area contributed by atoms with E-state index in [1.165, 1.54) is 5.56 Å². The standard InChI is InChI=1S/C14H19BrN4/c1-10(2)6-16-7-12-4-11(3)18-14(5-12)19-9-13(15)8-17-19/h4-5,8-10,16H,6-7H2,1-3H3. The number of halogens is 1. The quantitative estimate of drug-likeness (QED) is 0.919. The maximum absolute atomic E-state index is 4.51. The molecule has 0 aliphatic carbocycles. The Morgan fingerprint density at radius 1 is 1.37 bits per heavy atom. The topological polar surface area (TPSA) is 42.7 Å². The average Bonchev–Trinajstić information content (AvgIpc) is 2.75. The van der Waals surface area contributed by atoms with Crippen molar-refractivity contribution in [3.63, 3.8) is 0 Å². The van der Waals surface area contributed by atoms with Gasteiger partial charge in [0.15, 0.2) is 5.82 Å². The molecule has 102 valence electrons. The summed E-state index contributed by atoms with van der Waals surface area (Å²) < 4.78 is 2.73. The first-order chi connectivity index (χ1) is 9.04. The zero-order valence-electron chi connectivity index (χ0n) is 11.5. The Balaban J connectivity index is 2.15. The Labute approximate surface area is 122 Å². The first-order valence-corrected chi connectivity index (χ1v) is 7.22. The van der Waals surface area contributed by atoms with Crippen molar-refractivity contribution in [2.45, 2.75) is 27.3 Å². The minimum absolute atomic E-state index is 0.657. The molecule has 2 aromatic heterocycles. The number of nitrogens with one attached hydrogen (secondary N) is 1. The van der Waals surface area contributed by atoms with Crippen molar-refractivity contribution in [1.82, 2.24) is 20.1 Å². The molecule has 0 atom stereocenters. The highest BCUT2D eigenvalue weighted by molar-refractivity contribution is 9.10. The minimum atomic E-state index is 0.657. The third kappa shape index (κ3) is 4.14. The molecule has 5 heteroatoms. The van der Waals surface area contributed by atoms with E-state index in [1.807, 2.05) is 13.1 Å². The van der Waals surface area contributed by atoms with Gasteiger partial charge < -0.3 is 5.32 Å². The fourth-order valence-electron chi connectivity index (χ4n) is 1.87. The van der Waals surface area contributed by atoms with Crippen LogP contribution in [0.15, 0.2) is 29.0 Å². The van der Waals surface area contributed by atoms with Gasteiger partial charge in [-0.15, -0.1) is 0 Å². The summed E-state index contributed by atoms with van der Waals surface area (Å²) in [6.07, 6.45) is 3.67. The fourth-order valence-corrected chi connectivity index (χ4v) is 2.16. The molecule has 2 rings (SSSR count). The van der Waals surface area contributed by atoms with Crippen LogP contribution in [-0.2, 0) is 6.54 Å². The summed E-state index contributed by atoms with van der Waals surface area (Å²) in [6.45, 7) is 8.30. The van der Waals surface area contributed by atoms with Crippen molar-refractivity contribution in [3.8, 4) is 5.82 Å². The molecule has 4 nitrogen and oxygen atoms in total. The highest BCUT2D eigenvalue weighted by atomic mass is 79.9. The van der Waals surface area contributed by atoms with Gasteiger partial charge in [0.2, 0.25) is 0 Å². The number of hydrogen-bond acceptors (Lipinski definition) is 3. The molecule has 0 saturated carbocycles. The average molecular weight is 323 g/mol. The number of pyridine rings is 1. The number of aryl methyl sites for hydroxylation is 1. The van der Waals surface area contributed by atoms with Crippen LogP contribution in [0.3, 0.4) is 0 Å². The van der Waals surface area contributed by atoms with Gasteiger partial charge in [0.05, 0.1) is 10.7 Å². The molecule has 2 heterocycles. The lowest BCUT2D eigenvalue weighted by molar-refractivity contribution is 0.552. The molecule has 1 N–H and O–H groups in total. The lowest BCUT2D eigenvalue weighted by Gasteiger charge is -2.09. The van der Waals surface area contributed by atoms with Gasteiger partial charge in [-0.05, 0) is 53.0 Å². The summed E-state index contributed by atoms with van der Waals surface area (Å²) in [4.78, 5) is 4.51. The van der Waals surface area contributed by atoms with Crippen LogP contribution in [0.25, 0.3) is 5.82 Å². The van der Waals surface area contributed by atoms with E-state index >= 15 is 0 Å². The Morgan fingerprint density at radius 3 is 2.79 bits per heavy atom. The smallest absolute Gasteiger partial charge is 0.153 e. The summed E-state index contributed by atoms with van der Waals surface area (Å²) in [5.74, 6) is 1.51. The van der Waals surface area contributed by atoms with Gasteiger partial charge >= 0.3 is 0 Å². The van der Waals surface area contributed by atoms with Gasteiger partial charge in [-0.2, -0.15) is 5.10 Å². The van der Waals surface area contributed by atoms with Crippen LogP contribution in [0.1, 0.15) is 25.1 Å². The lowest BCUT2D eigenvalue weighted by Crippen LogP contribution is -2.19. The molecule has 0 unspecified atom stereocenters. The van der Waals surface area contributed by atoms with Gasteiger partial charge in [-0.3, -0.25) is 0 Å². The van der Waals surface area contributed by atoms with Crippen molar-refractivity contribution < 1.29 is 0 Å². The highest BCUT2D eigenvalue weighted by Gasteiger charge is 2.04. The lowest BCUT2D eigenvalue weighted by atomic mass is 10.2. The number of nitrogens with zero attached hydrogens (tertiary/aromatic N) is 3. The summed E-state index contributed by atoms with van der Waals surface area (Å²) in [5.41, 5.74) is 2.24. The molecule has 0 saturated heterocycles. The van der Waals surface area contributed by atoms with Crippen molar-refractivity contribution >= 4 is 15.9 Å². The Morgan fingerprint density at radius 2 is 2.16 bits per heavy atom. The molecule has 0 aromatic carbocycles. The molecule has 0 amide bonds. The first kappa shape index (κ1) is 14.2. The van der Waals surface area contributed by atoms with Crippen molar-refractivity contribution in [3.05, 3.63) is 40.3 Å². The molecule has 0 bridgehead atoms. The number of hydrogen-bond donors (Lipinski definition) is 1. The third-order valence-corrected chi connectivity index (χ3v) is 3.08. The molecule has 19 heavy (non-hydrogen) atoms. The van der Waals surface area contributed by atoms with Crippen molar-refractivity contribution in [2.24, 2.45) is 5.92 Å². The van der Waals surface area contributed by atoms with Gasteiger partial charge in [-0.25, -0.2) is 9.67 Å². The maximum Gasteiger partial charge on any atom is 0.153 e. The van der Waals surface area contributed by atoms with Crippen LogP contribution >= 0.6 is 15.9 Å². The third-order valence-electron chi connectivity index (χ3n) is 2.67. The van der Waals surface area contributed by atoms with Crippen LogP contribution in [0.5, 0.6) is 0 Å². The maximum atomic E-state index is 4.51. The molecule has 0 spiro atoms. The highest BCUT2D eigenvalue weighted by Crippen LogP contribution is 2.13. The zero-order chi connectivity index (χ0) is 13.8.